The Hall–Kier alpha value is -1.50. The Morgan fingerprint density at radius 2 is 1.95 bits per heavy atom. The predicted molar refractivity (Wildman–Crippen MR) is 80.2 cm³/mol. The molecule has 0 atom stereocenters. The zero-order valence-electron chi connectivity index (χ0n) is 11.9. The second-order valence-corrected chi connectivity index (χ2v) is 3.78. The average molecular weight is 305 g/mol. The van der Waals surface area contributed by atoms with E-state index >= 15 is 0 Å². The van der Waals surface area contributed by atoms with Crippen LogP contribution in [0.25, 0.3) is 0 Å². The molecule has 1 aromatic rings. The van der Waals surface area contributed by atoms with Crippen LogP contribution in [0.5, 0.6) is 11.5 Å². The third kappa shape index (κ3) is 6.10. The second-order valence-electron chi connectivity index (χ2n) is 3.78. The van der Waals surface area contributed by atoms with Crippen LogP contribution in [0.15, 0.2) is 18.2 Å². The molecule has 114 valence electrons. The minimum atomic E-state index is -0.139. The van der Waals surface area contributed by atoms with Gasteiger partial charge < -0.3 is 24.8 Å². The van der Waals surface area contributed by atoms with Crippen LogP contribution < -0.4 is 20.1 Å². The SMILES string of the molecule is COCCNCC(=O)Nc1ccc(OC)cc1OC.Cl. The van der Waals surface area contributed by atoms with Gasteiger partial charge in [-0.2, -0.15) is 0 Å². The molecule has 6 nitrogen and oxygen atoms in total. The largest absolute Gasteiger partial charge is 0.497 e. The summed E-state index contributed by atoms with van der Waals surface area (Å²) in [5, 5.41) is 5.73. The lowest BCUT2D eigenvalue weighted by Crippen LogP contribution is -2.30. The van der Waals surface area contributed by atoms with E-state index in [1.54, 1.807) is 39.5 Å². The molecular weight excluding hydrogens is 284 g/mol. The van der Waals surface area contributed by atoms with E-state index in [0.29, 0.717) is 30.3 Å². The van der Waals surface area contributed by atoms with Gasteiger partial charge in [0.25, 0.3) is 0 Å². The highest BCUT2D eigenvalue weighted by molar-refractivity contribution is 5.93. The van der Waals surface area contributed by atoms with Gasteiger partial charge in [-0.15, -0.1) is 12.4 Å². The number of halogens is 1. The minimum Gasteiger partial charge on any atom is -0.497 e. The van der Waals surface area contributed by atoms with E-state index in [1.807, 2.05) is 0 Å². The summed E-state index contributed by atoms with van der Waals surface area (Å²) < 4.78 is 15.2. The van der Waals surface area contributed by atoms with Crippen LogP contribution in [0.3, 0.4) is 0 Å². The van der Waals surface area contributed by atoms with Crippen molar-refractivity contribution >= 4 is 24.0 Å². The molecule has 0 bridgehead atoms. The Morgan fingerprint density at radius 1 is 1.20 bits per heavy atom. The van der Waals surface area contributed by atoms with Gasteiger partial charge in [0.1, 0.15) is 11.5 Å². The van der Waals surface area contributed by atoms with Crippen LogP contribution in [0.2, 0.25) is 0 Å². The summed E-state index contributed by atoms with van der Waals surface area (Å²) in [6.45, 7) is 1.42. The van der Waals surface area contributed by atoms with Crippen LogP contribution in [-0.4, -0.2) is 46.9 Å². The Labute approximate surface area is 125 Å². The van der Waals surface area contributed by atoms with E-state index in [9.17, 15) is 4.79 Å². The molecule has 0 spiro atoms. The van der Waals surface area contributed by atoms with Crippen molar-refractivity contribution in [2.75, 3.05) is 46.3 Å². The van der Waals surface area contributed by atoms with E-state index in [4.69, 9.17) is 14.2 Å². The minimum absolute atomic E-state index is 0. The van der Waals surface area contributed by atoms with Gasteiger partial charge in [0, 0.05) is 19.7 Å². The maximum Gasteiger partial charge on any atom is 0.238 e. The summed E-state index contributed by atoms with van der Waals surface area (Å²) >= 11 is 0. The number of nitrogens with one attached hydrogen (secondary N) is 2. The number of anilines is 1. The molecule has 1 amide bonds. The Kier molecular flexibility index (Phi) is 9.53. The van der Waals surface area contributed by atoms with Gasteiger partial charge in [0.15, 0.2) is 0 Å². The van der Waals surface area contributed by atoms with E-state index in [-0.39, 0.29) is 24.9 Å². The van der Waals surface area contributed by atoms with Crippen molar-refractivity contribution < 1.29 is 19.0 Å². The zero-order valence-corrected chi connectivity index (χ0v) is 12.7. The van der Waals surface area contributed by atoms with Crippen LogP contribution in [-0.2, 0) is 9.53 Å². The number of hydrogen-bond donors (Lipinski definition) is 2. The fraction of sp³-hybridized carbons (Fsp3) is 0.462. The van der Waals surface area contributed by atoms with Crippen molar-refractivity contribution in [2.24, 2.45) is 0 Å². The maximum absolute atomic E-state index is 11.7. The third-order valence-corrected chi connectivity index (χ3v) is 2.45. The zero-order chi connectivity index (χ0) is 14.1. The quantitative estimate of drug-likeness (QED) is 0.709. The van der Waals surface area contributed by atoms with Crippen LogP contribution in [0.1, 0.15) is 0 Å². The topological polar surface area (TPSA) is 68.8 Å². The number of ether oxygens (including phenoxy) is 3. The van der Waals surface area contributed by atoms with Crippen LogP contribution >= 0.6 is 12.4 Å². The second kappa shape index (κ2) is 10.3. The molecule has 0 radical (unpaired) electrons. The molecule has 0 aliphatic carbocycles. The van der Waals surface area contributed by atoms with Crippen molar-refractivity contribution in [3.8, 4) is 11.5 Å². The fourth-order valence-corrected chi connectivity index (χ4v) is 1.47. The summed E-state index contributed by atoms with van der Waals surface area (Å²) in [4.78, 5) is 11.7. The first kappa shape index (κ1) is 18.5. The highest BCUT2D eigenvalue weighted by atomic mass is 35.5. The van der Waals surface area contributed by atoms with E-state index in [2.05, 4.69) is 10.6 Å². The number of hydrogen-bond acceptors (Lipinski definition) is 5. The molecule has 0 fully saturated rings. The first-order chi connectivity index (χ1) is 9.21. The van der Waals surface area contributed by atoms with Crippen molar-refractivity contribution in [3.05, 3.63) is 18.2 Å². The van der Waals surface area contributed by atoms with Crippen LogP contribution in [0, 0.1) is 0 Å². The molecule has 1 rings (SSSR count). The standard InChI is InChI=1S/C13H20N2O4.ClH/c1-17-7-6-14-9-13(16)15-11-5-4-10(18-2)8-12(11)19-3;/h4-5,8,14H,6-7,9H2,1-3H3,(H,15,16);1H. The van der Waals surface area contributed by atoms with Crippen molar-refractivity contribution in [3.63, 3.8) is 0 Å². The van der Waals surface area contributed by atoms with Crippen LogP contribution in [0.4, 0.5) is 5.69 Å². The molecule has 20 heavy (non-hydrogen) atoms. The average Bonchev–Trinajstić information content (AvgIpc) is 2.44. The van der Waals surface area contributed by atoms with E-state index in [1.165, 1.54) is 0 Å². The van der Waals surface area contributed by atoms with Gasteiger partial charge in [-0.05, 0) is 12.1 Å². The van der Waals surface area contributed by atoms with Gasteiger partial charge in [-0.25, -0.2) is 0 Å². The number of amides is 1. The van der Waals surface area contributed by atoms with E-state index in [0.717, 1.165) is 0 Å². The Bertz CT molecular complexity index is 415. The predicted octanol–water partition coefficient (Wildman–Crippen LogP) is 1.30. The molecule has 0 heterocycles. The third-order valence-electron chi connectivity index (χ3n) is 2.45. The summed E-state index contributed by atoms with van der Waals surface area (Å²) in [7, 11) is 4.73. The first-order valence-electron chi connectivity index (χ1n) is 5.92. The van der Waals surface area contributed by atoms with Crippen molar-refractivity contribution in [2.45, 2.75) is 0 Å². The van der Waals surface area contributed by atoms with Gasteiger partial charge >= 0.3 is 0 Å². The molecule has 1 aromatic carbocycles. The lowest BCUT2D eigenvalue weighted by atomic mass is 10.2. The molecule has 0 aliphatic rings. The van der Waals surface area contributed by atoms with Gasteiger partial charge in [0.2, 0.25) is 5.91 Å². The Morgan fingerprint density at radius 3 is 2.55 bits per heavy atom. The first-order valence-corrected chi connectivity index (χ1v) is 5.92. The maximum atomic E-state index is 11.7. The highest BCUT2D eigenvalue weighted by Crippen LogP contribution is 2.28. The molecule has 2 N–H and O–H groups in total. The summed E-state index contributed by atoms with van der Waals surface area (Å²) in [6.07, 6.45) is 0. The summed E-state index contributed by atoms with van der Waals surface area (Å²) in [5.74, 6) is 1.09. The summed E-state index contributed by atoms with van der Waals surface area (Å²) in [6, 6.07) is 5.22. The number of carbonyl (C=O) groups excluding carboxylic acids is 1. The fourth-order valence-electron chi connectivity index (χ4n) is 1.47. The summed E-state index contributed by atoms with van der Waals surface area (Å²) in [5.41, 5.74) is 0.613. The highest BCUT2D eigenvalue weighted by Gasteiger charge is 2.08. The monoisotopic (exact) mass is 304 g/mol. The number of methoxy groups -OCH3 is 3. The number of benzene rings is 1. The van der Waals surface area contributed by atoms with Gasteiger partial charge in [-0.3, -0.25) is 4.79 Å². The Balaban J connectivity index is 0.00000361. The van der Waals surface area contributed by atoms with Gasteiger partial charge in [0.05, 0.1) is 33.1 Å². The van der Waals surface area contributed by atoms with Crippen molar-refractivity contribution in [1.82, 2.24) is 5.32 Å². The molecule has 0 aromatic heterocycles. The molecule has 0 unspecified atom stereocenters. The lowest BCUT2D eigenvalue weighted by Gasteiger charge is -2.11. The normalized spacial score (nSPS) is 9.55. The molecule has 0 saturated heterocycles. The smallest absolute Gasteiger partial charge is 0.238 e. The van der Waals surface area contributed by atoms with E-state index < -0.39 is 0 Å². The molecule has 0 aliphatic heterocycles. The van der Waals surface area contributed by atoms with Gasteiger partial charge in [-0.1, -0.05) is 0 Å². The lowest BCUT2D eigenvalue weighted by molar-refractivity contribution is -0.115. The molecule has 0 saturated carbocycles. The van der Waals surface area contributed by atoms with Crippen molar-refractivity contribution in [1.29, 1.82) is 0 Å². The number of rotatable bonds is 8. The number of carbonyl (C=O) groups is 1. The molecular formula is C13H21ClN2O4. The molecule has 7 heteroatoms.